The van der Waals surface area contributed by atoms with Crippen LogP contribution in [-0.2, 0) is 14.8 Å². The molecule has 6 nitrogen and oxygen atoms in total. The maximum absolute atomic E-state index is 13.2. The van der Waals surface area contributed by atoms with E-state index in [2.05, 4.69) is 4.74 Å². The lowest BCUT2D eigenvalue weighted by Gasteiger charge is -2.22. The first-order valence-electron chi connectivity index (χ1n) is 5.52. The fraction of sp³-hybridized carbons (Fsp3) is 0.364. The van der Waals surface area contributed by atoms with Crippen molar-refractivity contribution in [1.29, 1.82) is 0 Å². The lowest BCUT2D eigenvalue weighted by Crippen LogP contribution is -2.40. The van der Waals surface area contributed by atoms with Gasteiger partial charge in [-0.1, -0.05) is 0 Å². The SMILES string of the molecule is CC(C(=O)O)N(C)S(=O)(=O)c1cc(F)ccc1OC(F)F. The number of likely N-dealkylation sites (N-methyl/N-ethyl adjacent to an activating group) is 1. The number of alkyl halides is 2. The quantitative estimate of drug-likeness (QED) is 0.856. The smallest absolute Gasteiger partial charge is 0.387 e. The lowest BCUT2D eigenvalue weighted by molar-refractivity contribution is -0.140. The molecule has 0 fully saturated rings. The normalized spacial score (nSPS) is 13.5. The molecule has 0 saturated carbocycles. The minimum Gasteiger partial charge on any atom is -0.480 e. The van der Waals surface area contributed by atoms with E-state index in [4.69, 9.17) is 5.11 Å². The van der Waals surface area contributed by atoms with Gasteiger partial charge in [-0.25, -0.2) is 12.8 Å². The van der Waals surface area contributed by atoms with Gasteiger partial charge in [-0.15, -0.1) is 0 Å². The molecule has 10 heteroatoms. The van der Waals surface area contributed by atoms with Crippen molar-refractivity contribution < 1.29 is 36.2 Å². The van der Waals surface area contributed by atoms with E-state index in [9.17, 15) is 26.4 Å². The van der Waals surface area contributed by atoms with Crippen LogP contribution in [0.3, 0.4) is 0 Å². The molecule has 118 valence electrons. The minimum absolute atomic E-state index is 0.419. The van der Waals surface area contributed by atoms with Gasteiger partial charge in [0.2, 0.25) is 10.0 Å². The third-order valence-electron chi connectivity index (χ3n) is 2.68. The van der Waals surface area contributed by atoms with Crippen LogP contribution in [0.2, 0.25) is 0 Å². The third-order valence-corrected chi connectivity index (χ3v) is 4.63. The Morgan fingerprint density at radius 2 is 1.95 bits per heavy atom. The standard InChI is InChI=1S/C11H12F3NO5S/c1-6(10(16)17)15(2)21(18,19)9-5-7(12)3-4-8(9)20-11(13)14/h3-6,11H,1-2H3,(H,16,17). The number of hydrogen-bond donors (Lipinski definition) is 1. The second kappa shape index (κ2) is 6.31. The average Bonchev–Trinajstić information content (AvgIpc) is 2.38. The zero-order valence-electron chi connectivity index (χ0n) is 11.0. The summed E-state index contributed by atoms with van der Waals surface area (Å²) in [6, 6.07) is 0.487. The van der Waals surface area contributed by atoms with Gasteiger partial charge in [-0.2, -0.15) is 13.1 Å². The first-order chi connectivity index (χ1) is 9.57. The molecular formula is C11H12F3NO5S. The molecule has 1 aromatic rings. The highest BCUT2D eigenvalue weighted by atomic mass is 32.2. The monoisotopic (exact) mass is 327 g/mol. The van der Waals surface area contributed by atoms with Gasteiger partial charge in [-0.05, 0) is 25.1 Å². The number of hydrogen-bond acceptors (Lipinski definition) is 4. The van der Waals surface area contributed by atoms with Crippen LogP contribution in [0.1, 0.15) is 6.92 Å². The Bertz CT molecular complexity index is 635. The van der Waals surface area contributed by atoms with E-state index < -0.39 is 45.1 Å². The average molecular weight is 327 g/mol. The van der Waals surface area contributed by atoms with Gasteiger partial charge < -0.3 is 9.84 Å². The van der Waals surface area contributed by atoms with Crippen molar-refractivity contribution in [2.24, 2.45) is 0 Å². The Morgan fingerprint density at radius 1 is 1.38 bits per heavy atom. The first kappa shape index (κ1) is 17.2. The zero-order chi connectivity index (χ0) is 16.4. The molecule has 0 radical (unpaired) electrons. The molecule has 0 amide bonds. The summed E-state index contributed by atoms with van der Waals surface area (Å²) >= 11 is 0. The summed E-state index contributed by atoms with van der Waals surface area (Å²) in [7, 11) is -3.59. The number of ether oxygens (including phenoxy) is 1. The molecule has 1 atom stereocenters. The summed E-state index contributed by atoms with van der Waals surface area (Å²) in [4.78, 5) is 9.94. The summed E-state index contributed by atoms with van der Waals surface area (Å²) in [6.07, 6.45) is 0. The Balaban J connectivity index is 3.36. The molecule has 0 aliphatic carbocycles. The van der Waals surface area contributed by atoms with Crippen LogP contribution >= 0.6 is 0 Å². The van der Waals surface area contributed by atoms with E-state index in [1.807, 2.05) is 0 Å². The van der Waals surface area contributed by atoms with Crippen LogP contribution in [0, 0.1) is 5.82 Å². The van der Waals surface area contributed by atoms with Crippen LogP contribution in [0.5, 0.6) is 5.75 Å². The van der Waals surface area contributed by atoms with Crippen LogP contribution in [0.15, 0.2) is 23.1 Å². The largest absolute Gasteiger partial charge is 0.480 e. The second-order valence-electron chi connectivity index (χ2n) is 4.01. The number of carboxylic acids is 1. The fourth-order valence-electron chi connectivity index (χ4n) is 1.40. The van der Waals surface area contributed by atoms with Crippen LogP contribution in [0.4, 0.5) is 13.2 Å². The van der Waals surface area contributed by atoms with E-state index in [1.165, 1.54) is 0 Å². The maximum Gasteiger partial charge on any atom is 0.387 e. The molecule has 21 heavy (non-hydrogen) atoms. The number of benzene rings is 1. The molecule has 0 saturated heterocycles. The third kappa shape index (κ3) is 3.85. The number of rotatable bonds is 6. The van der Waals surface area contributed by atoms with Gasteiger partial charge in [0.15, 0.2) is 0 Å². The Labute approximate surface area is 118 Å². The molecule has 0 heterocycles. The Morgan fingerprint density at radius 3 is 2.43 bits per heavy atom. The Kier molecular flexibility index (Phi) is 5.18. The van der Waals surface area contributed by atoms with Crippen molar-refractivity contribution in [3.63, 3.8) is 0 Å². The predicted octanol–water partition coefficient (Wildman–Crippen LogP) is 1.52. The van der Waals surface area contributed by atoms with Gasteiger partial charge >= 0.3 is 12.6 Å². The number of aliphatic carboxylic acids is 1. The van der Waals surface area contributed by atoms with Crippen molar-refractivity contribution in [1.82, 2.24) is 4.31 Å². The molecule has 1 unspecified atom stereocenters. The van der Waals surface area contributed by atoms with Crippen LogP contribution in [-0.4, -0.2) is 43.5 Å². The maximum atomic E-state index is 13.2. The van der Waals surface area contributed by atoms with Crippen LogP contribution in [0.25, 0.3) is 0 Å². The summed E-state index contributed by atoms with van der Waals surface area (Å²) in [5.74, 6) is -3.21. The molecule has 0 aliphatic rings. The molecular weight excluding hydrogens is 315 g/mol. The number of carboxylic acid groups (broad SMARTS) is 1. The summed E-state index contributed by atoms with van der Waals surface area (Å²) in [6.45, 7) is -2.24. The Hall–Kier alpha value is -1.81. The topological polar surface area (TPSA) is 83.9 Å². The molecule has 0 spiro atoms. The molecule has 0 bridgehead atoms. The van der Waals surface area contributed by atoms with E-state index in [1.54, 1.807) is 0 Å². The van der Waals surface area contributed by atoms with Gasteiger partial charge in [0.05, 0.1) is 0 Å². The second-order valence-corrected chi connectivity index (χ2v) is 5.97. The van der Waals surface area contributed by atoms with Crippen molar-refractivity contribution >= 4 is 16.0 Å². The number of carbonyl (C=O) groups is 1. The van der Waals surface area contributed by atoms with Crippen molar-refractivity contribution in [2.45, 2.75) is 24.5 Å². The van der Waals surface area contributed by atoms with Gasteiger partial charge in [0.25, 0.3) is 0 Å². The highest BCUT2D eigenvalue weighted by Crippen LogP contribution is 2.29. The minimum atomic E-state index is -4.53. The fourth-order valence-corrected chi connectivity index (χ4v) is 2.84. The van der Waals surface area contributed by atoms with E-state index in [-0.39, 0.29) is 0 Å². The van der Waals surface area contributed by atoms with E-state index in [0.717, 1.165) is 26.1 Å². The molecule has 1 aromatic carbocycles. The van der Waals surface area contributed by atoms with E-state index in [0.29, 0.717) is 10.4 Å². The first-order valence-corrected chi connectivity index (χ1v) is 6.96. The van der Waals surface area contributed by atoms with Crippen LogP contribution < -0.4 is 4.74 Å². The van der Waals surface area contributed by atoms with Crippen molar-refractivity contribution in [2.75, 3.05) is 7.05 Å². The van der Waals surface area contributed by atoms with Crippen molar-refractivity contribution in [3.05, 3.63) is 24.0 Å². The van der Waals surface area contributed by atoms with Gasteiger partial charge in [0.1, 0.15) is 22.5 Å². The molecule has 0 aromatic heterocycles. The predicted molar refractivity (Wildman–Crippen MR) is 65.1 cm³/mol. The van der Waals surface area contributed by atoms with Gasteiger partial charge in [0, 0.05) is 7.05 Å². The number of halogens is 3. The van der Waals surface area contributed by atoms with Crippen molar-refractivity contribution in [3.8, 4) is 5.75 Å². The summed E-state index contributed by atoms with van der Waals surface area (Å²) in [5, 5.41) is 8.80. The van der Waals surface area contributed by atoms with Gasteiger partial charge in [-0.3, -0.25) is 4.79 Å². The molecule has 1 rings (SSSR count). The molecule has 0 aliphatic heterocycles. The highest BCUT2D eigenvalue weighted by molar-refractivity contribution is 7.89. The van der Waals surface area contributed by atoms with E-state index >= 15 is 0 Å². The summed E-state index contributed by atoms with van der Waals surface area (Å²) in [5.41, 5.74) is 0. The lowest BCUT2D eigenvalue weighted by atomic mass is 10.3. The number of sulfonamides is 1. The molecule has 1 N–H and O–H groups in total. The summed E-state index contributed by atoms with van der Waals surface area (Å²) < 4.78 is 66.6. The zero-order valence-corrected chi connectivity index (χ0v) is 11.8. The highest BCUT2D eigenvalue weighted by Gasteiger charge is 2.32. The number of nitrogens with zero attached hydrogens (tertiary/aromatic N) is 1.